The van der Waals surface area contributed by atoms with E-state index in [0.29, 0.717) is 10.7 Å². The Kier molecular flexibility index (Phi) is 3.82. The zero-order chi connectivity index (χ0) is 17.4. The van der Waals surface area contributed by atoms with E-state index in [-0.39, 0.29) is 17.7 Å². The standard InChI is InChI=1S/C18H15N5OS/c1-23-9-13(8-20-23)14-6-15(14)17(24)22-18-21-16(10-25-18)12-4-2-11(7-19)3-5-12/h2-5,8-10,14-15H,6H2,1H3,(H,21,22,24)/t14-,15+/m0/s1. The number of hydrogen-bond acceptors (Lipinski definition) is 5. The lowest BCUT2D eigenvalue weighted by molar-refractivity contribution is -0.117. The molecule has 2 heterocycles. The van der Waals surface area contributed by atoms with Gasteiger partial charge in [0.15, 0.2) is 5.13 Å². The first kappa shape index (κ1) is 15.5. The van der Waals surface area contributed by atoms with Crippen molar-refractivity contribution in [3.05, 3.63) is 53.2 Å². The number of nitrogens with one attached hydrogen (secondary N) is 1. The number of anilines is 1. The van der Waals surface area contributed by atoms with Crippen LogP contribution in [0.2, 0.25) is 0 Å². The van der Waals surface area contributed by atoms with Gasteiger partial charge in [-0.15, -0.1) is 11.3 Å². The molecule has 124 valence electrons. The lowest BCUT2D eigenvalue weighted by atomic mass is 10.1. The van der Waals surface area contributed by atoms with Crippen LogP contribution in [0.1, 0.15) is 23.5 Å². The highest BCUT2D eigenvalue weighted by molar-refractivity contribution is 7.14. The lowest BCUT2D eigenvalue weighted by Crippen LogP contribution is -2.14. The number of thiazole rings is 1. The van der Waals surface area contributed by atoms with Crippen LogP contribution in [-0.2, 0) is 11.8 Å². The number of carbonyl (C=O) groups is 1. The summed E-state index contributed by atoms with van der Waals surface area (Å²) >= 11 is 1.40. The molecule has 1 aliphatic carbocycles. The summed E-state index contributed by atoms with van der Waals surface area (Å²) in [6.07, 6.45) is 4.64. The lowest BCUT2D eigenvalue weighted by Gasteiger charge is -2.00. The number of amides is 1. The molecule has 1 aliphatic rings. The number of aromatic nitrogens is 3. The number of nitriles is 1. The Balaban J connectivity index is 1.41. The minimum Gasteiger partial charge on any atom is -0.302 e. The van der Waals surface area contributed by atoms with E-state index in [2.05, 4.69) is 21.5 Å². The van der Waals surface area contributed by atoms with Crippen molar-refractivity contribution in [3.8, 4) is 17.3 Å². The van der Waals surface area contributed by atoms with Gasteiger partial charge in [0.05, 0.1) is 23.5 Å². The van der Waals surface area contributed by atoms with Crippen molar-refractivity contribution < 1.29 is 4.79 Å². The molecule has 1 fully saturated rings. The molecular weight excluding hydrogens is 334 g/mol. The molecule has 2 aromatic heterocycles. The van der Waals surface area contributed by atoms with E-state index < -0.39 is 0 Å². The summed E-state index contributed by atoms with van der Waals surface area (Å²) in [5.41, 5.74) is 3.45. The van der Waals surface area contributed by atoms with Crippen molar-refractivity contribution in [3.63, 3.8) is 0 Å². The smallest absolute Gasteiger partial charge is 0.229 e. The molecule has 0 aliphatic heterocycles. The molecule has 1 aromatic carbocycles. The van der Waals surface area contributed by atoms with E-state index in [0.717, 1.165) is 23.2 Å². The number of benzene rings is 1. The molecule has 3 aromatic rings. The first-order chi connectivity index (χ1) is 12.1. The summed E-state index contributed by atoms with van der Waals surface area (Å²) in [6.45, 7) is 0. The molecular formula is C18H15N5OS. The molecule has 0 spiro atoms. The molecule has 1 saturated carbocycles. The van der Waals surface area contributed by atoms with Crippen molar-refractivity contribution in [1.29, 1.82) is 5.26 Å². The molecule has 0 bridgehead atoms. The van der Waals surface area contributed by atoms with Gasteiger partial charge in [0.25, 0.3) is 0 Å². The van der Waals surface area contributed by atoms with E-state index in [1.807, 2.05) is 37.0 Å². The second-order valence-corrected chi connectivity index (χ2v) is 6.97. The van der Waals surface area contributed by atoms with Crippen LogP contribution in [0, 0.1) is 17.2 Å². The van der Waals surface area contributed by atoms with Crippen LogP contribution < -0.4 is 5.32 Å². The highest BCUT2D eigenvalue weighted by atomic mass is 32.1. The summed E-state index contributed by atoms with van der Waals surface area (Å²) in [4.78, 5) is 16.9. The van der Waals surface area contributed by atoms with Gasteiger partial charge >= 0.3 is 0 Å². The zero-order valence-corrected chi connectivity index (χ0v) is 14.3. The summed E-state index contributed by atoms with van der Waals surface area (Å²) in [6, 6.07) is 9.33. The minimum absolute atomic E-state index is 0.00791. The van der Waals surface area contributed by atoms with Crippen LogP contribution in [0.3, 0.4) is 0 Å². The SMILES string of the molecule is Cn1cc([C@@H]2C[C@H]2C(=O)Nc2nc(-c3ccc(C#N)cc3)cs2)cn1. The molecule has 0 radical (unpaired) electrons. The van der Waals surface area contributed by atoms with Gasteiger partial charge in [0, 0.05) is 30.1 Å². The normalized spacial score (nSPS) is 18.6. The van der Waals surface area contributed by atoms with Crippen molar-refractivity contribution in [2.45, 2.75) is 12.3 Å². The van der Waals surface area contributed by atoms with Gasteiger partial charge in [-0.05, 0) is 30.0 Å². The maximum absolute atomic E-state index is 12.4. The number of carbonyl (C=O) groups excluding carboxylic acids is 1. The number of rotatable bonds is 4. The highest BCUT2D eigenvalue weighted by Crippen LogP contribution is 2.47. The number of aryl methyl sites for hydroxylation is 1. The fraction of sp³-hybridized carbons (Fsp3) is 0.222. The molecule has 7 heteroatoms. The van der Waals surface area contributed by atoms with Crippen molar-refractivity contribution >= 4 is 22.4 Å². The summed E-state index contributed by atoms with van der Waals surface area (Å²) in [7, 11) is 1.88. The van der Waals surface area contributed by atoms with Gasteiger partial charge in [-0.3, -0.25) is 9.48 Å². The average molecular weight is 349 g/mol. The third kappa shape index (κ3) is 3.16. The second kappa shape index (κ2) is 6.15. The maximum Gasteiger partial charge on any atom is 0.229 e. The first-order valence-corrected chi connectivity index (χ1v) is 8.77. The van der Waals surface area contributed by atoms with Crippen molar-refractivity contribution in [2.75, 3.05) is 5.32 Å². The summed E-state index contributed by atoms with van der Waals surface area (Å²) < 4.78 is 1.76. The Morgan fingerprint density at radius 3 is 2.88 bits per heavy atom. The third-order valence-electron chi connectivity index (χ3n) is 4.32. The van der Waals surface area contributed by atoms with Gasteiger partial charge in [-0.25, -0.2) is 4.98 Å². The van der Waals surface area contributed by atoms with Crippen LogP contribution >= 0.6 is 11.3 Å². The van der Waals surface area contributed by atoms with E-state index in [9.17, 15) is 4.79 Å². The predicted molar refractivity (Wildman–Crippen MR) is 95.0 cm³/mol. The fourth-order valence-electron chi connectivity index (χ4n) is 2.86. The third-order valence-corrected chi connectivity index (χ3v) is 5.08. The van der Waals surface area contributed by atoms with Gasteiger partial charge in [-0.2, -0.15) is 10.4 Å². The van der Waals surface area contributed by atoms with E-state index in [1.54, 1.807) is 16.8 Å². The van der Waals surface area contributed by atoms with Gasteiger partial charge in [0.1, 0.15) is 0 Å². The Morgan fingerprint density at radius 2 is 2.20 bits per heavy atom. The molecule has 1 amide bonds. The fourth-order valence-corrected chi connectivity index (χ4v) is 3.58. The Morgan fingerprint density at radius 1 is 1.40 bits per heavy atom. The quantitative estimate of drug-likeness (QED) is 0.784. The maximum atomic E-state index is 12.4. The first-order valence-electron chi connectivity index (χ1n) is 7.89. The molecule has 25 heavy (non-hydrogen) atoms. The molecule has 1 N–H and O–H groups in total. The monoisotopic (exact) mass is 349 g/mol. The summed E-state index contributed by atoms with van der Waals surface area (Å²) in [5.74, 6) is 0.257. The topological polar surface area (TPSA) is 83.6 Å². The van der Waals surface area contributed by atoms with E-state index in [4.69, 9.17) is 5.26 Å². The van der Waals surface area contributed by atoms with Gasteiger partial charge in [0.2, 0.25) is 5.91 Å². The largest absolute Gasteiger partial charge is 0.302 e. The minimum atomic E-state index is -0.00791. The Bertz CT molecular complexity index is 966. The van der Waals surface area contributed by atoms with Crippen molar-refractivity contribution in [1.82, 2.24) is 14.8 Å². The molecule has 4 rings (SSSR count). The molecule has 0 saturated heterocycles. The molecule has 2 atom stereocenters. The second-order valence-electron chi connectivity index (χ2n) is 6.11. The highest BCUT2D eigenvalue weighted by Gasteiger charge is 2.44. The van der Waals surface area contributed by atoms with Gasteiger partial charge < -0.3 is 5.32 Å². The Labute approximate surface area is 148 Å². The van der Waals surface area contributed by atoms with Gasteiger partial charge in [-0.1, -0.05) is 12.1 Å². The van der Waals surface area contributed by atoms with Crippen LogP contribution in [-0.4, -0.2) is 20.7 Å². The average Bonchev–Trinajstić information content (AvgIpc) is 3.10. The Hall–Kier alpha value is -2.98. The van der Waals surface area contributed by atoms with Crippen LogP contribution in [0.4, 0.5) is 5.13 Å². The molecule has 6 nitrogen and oxygen atoms in total. The van der Waals surface area contributed by atoms with Crippen LogP contribution in [0.25, 0.3) is 11.3 Å². The van der Waals surface area contributed by atoms with Crippen LogP contribution in [0.5, 0.6) is 0 Å². The van der Waals surface area contributed by atoms with E-state index >= 15 is 0 Å². The van der Waals surface area contributed by atoms with E-state index in [1.165, 1.54) is 11.3 Å². The predicted octanol–water partition coefficient (Wildman–Crippen LogP) is 3.16. The van der Waals surface area contributed by atoms with Crippen LogP contribution in [0.15, 0.2) is 42.0 Å². The van der Waals surface area contributed by atoms with Crippen molar-refractivity contribution in [2.24, 2.45) is 13.0 Å². The summed E-state index contributed by atoms with van der Waals surface area (Å²) in [5, 5.41) is 18.4. The zero-order valence-electron chi connectivity index (χ0n) is 13.5. The molecule has 0 unspecified atom stereocenters. The number of nitrogens with zero attached hydrogens (tertiary/aromatic N) is 4. The number of hydrogen-bond donors (Lipinski definition) is 1.